The third kappa shape index (κ3) is 5.67. The second-order valence-corrected chi connectivity index (χ2v) is 5.43. The van der Waals surface area contributed by atoms with Crippen molar-refractivity contribution in [3.8, 4) is 0 Å². The van der Waals surface area contributed by atoms with Crippen molar-refractivity contribution in [1.29, 1.82) is 0 Å². The van der Waals surface area contributed by atoms with Crippen LogP contribution >= 0.6 is 11.3 Å². The first kappa shape index (κ1) is 16.9. The lowest BCUT2D eigenvalue weighted by Crippen LogP contribution is -2.24. The molecule has 6 nitrogen and oxygen atoms in total. The van der Waals surface area contributed by atoms with E-state index in [9.17, 15) is 14.0 Å². The number of hydrogen-bond acceptors (Lipinski definition) is 5. The molecule has 2 aromatic rings. The Kier molecular flexibility index (Phi) is 6.04. The number of thiazole rings is 1. The maximum atomic E-state index is 12.8. The topological polar surface area (TPSA) is 80.3 Å². The molecule has 0 radical (unpaired) electrons. The van der Waals surface area contributed by atoms with Gasteiger partial charge in [0.2, 0.25) is 5.91 Å². The number of amides is 2. The average Bonchev–Trinajstić information content (AvgIpc) is 2.94. The van der Waals surface area contributed by atoms with Crippen molar-refractivity contribution >= 4 is 28.5 Å². The summed E-state index contributed by atoms with van der Waals surface area (Å²) in [5.41, 5.74) is 1.36. The Labute approximate surface area is 136 Å². The maximum absolute atomic E-state index is 12.8. The molecule has 8 heteroatoms. The van der Waals surface area contributed by atoms with Crippen molar-refractivity contribution in [3.63, 3.8) is 0 Å². The molecule has 1 aromatic heterocycles. The average molecular weight is 337 g/mol. The van der Waals surface area contributed by atoms with Crippen LogP contribution in [0.2, 0.25) is 0 Å². The van der Waals surface area contributed by atoms with Crippen molar-refractivity contribution in [2.45, 2.75) is 19.9 Å². The third-order valence-electron chi connectivity index (χ3n) is 2.78. The van der Waals surface area contributed by atoms with Crippen molar-refractivity contribution < 1.29 is 18.7 Å². The zero-order valence-corrected chi connectivity index (χ0v) is 13.3. The molecule has 0 spiro atoms. The number of hydrogen-bond donors (Lipinski definition) is 2. The maximum Gasteiger partial charge on any atom is 0.413 e. The fourth-order valence-electron chi connectivity index (χ4n) is 1.73. The van der Waals surface area contributed by atoms with Gasteiger partial charge in [-0.1, -0.05) is 12.1 Å². The molecular formula is C15H16FN3O3S. The van der Waals surface area contributed by atoms with E-state index < -0.39 is 6.09 Å². The van der Waals surface area contributed by atoms with Crippen LogP contribution in [0.1, 0.15) is 18.2 Å². The molecular weight excluding hydrogens is 321 g/mol. The van der Waals surface area contributed by atoms with Crippen LogP contribution in [-0.2, 0) is 22.5 Å². The fraction of sp³-hybridized carbons (Fsp3) is 0.267. The van der Waals surface area contributed by atoms with Crippen molar-refractivity contribution in [2.24, 2.45) is 0 Å². The predicted octanol–water partition coefficient (Wildman–Crippen LogP) is 2.71. The highest BCUT2D eigenvalue weighted by Gasteiger charge is 2.10. The van der Waals surface area contributed by atoms with Crippen molar-refractivity contribution in [1.82, 2.24) is 10.3 Å². The Balaban J connectivity index is 1.80. The number of benzene rings is 1. The Morgan fingerprint density at radius 1 is 1.30 bits per heavy atom. The van der Waals surface area contributed by atoms with Crippen LogP contribution < -0.4 is 10.6 Å². The highest BCUT2D eigenvalue weighted by molar-refractivity contribution is 7.13. The monoisotopic (exact) mass is 337 g/mol. The molecule has 2 N–H and O–H groups in total. The summed E-state index contributed by atoms with van der Waals surface area (Å²) < 4.78 is 17.5. The molecule has 1 heterocycles. The zero-order chi connectivity index (χ0) is 16.7. The van der Waals surface area contributed by atoms with E-state index >= 15 is 0 Å². The number of carbonyl (C=O) groups excluding carboxylic acids is 2. The van der Waals surface area contributed by atoms with Crippen LogP contribution in [0.15, 0.2) is 29.6 Å². The lowest BCUT2D eigenvalue weighted by molar-refractivity contribution is -0.120. The summed E-state index contributed by atoms with van der Waals surface area (Å²) >= 11 is 1.22. The molecule has 0 fully saturated rings. The van der Waals surface area contributed by atoms with E-state index in [-0.39, 0.29) is 24.8 Å². The molecule has 0 atom stereocenters. The summed E-state index contributed by atoms with van der Waals surface area (Å²) in [7, 11) is 0. The van der Waals surface area contributed by atoms with Gasteiger partial charge in [-0.25, -0.2) is 14.2 Å². The lowest BCUT2D eigenvalue weighted by atomic mass is 10.2. The molecule has 23 heavy (non-hydrogen) atoms. The second kappa shape index (κ2) is 8.23. The summed E-state index contributed by atoms with van der Waals surface area (Å²) in [4.78, 5) is 27.2. The Hall–Kier alpha value is -2.48. The van der Waals surface area contributed by atoms with Crippen LogP contribution in [0.25, 0.3) is 0 Å². The minimum atomic E-state index is -0.575. The van der Waals surface area contributed by atoms with Gasteiger partial charge in [0.1, 0.15) is 5.82 Å². The Bertz CT molecular complexity index is 673. The van der Waals surface area contributed by atoms with Gasteiger partial charge < -0.3 is 10.1 Å². The van der Waals surface area contributed by atoms with E-state index in [1.54, 1.807) is 24.4 Å². The second-order valence-electron chi connectivity index (χ2n) is 4.57. The summed E-state index contributed by atoms with van der Waals surface area (Å²) in [6, 6.07) is 5.91. The van der Waals surface area contributed by atoms with Gasteiger partial charge >= 0.3 is 6.09 Å². The summed E-state index contributed by atoms with van der Waals surface area (Å²) in [5.74, 6) is -0.522. The molecule has 0 aliphatic rings. The molecule has 0 bridgehead atoms. The van der Waals surface area contributed by atoms with Crippen molar-refractivity contribution in [3.05, 3.63) is 46.7 Å². The normalized spacial score (nSPS) is 10.2. The molecule has 0 aliphatic carbocycles. The lowest BCUT2D eigenvalue weighted by Gasteiger charge is -2.04. The van der Waals surface area contributed by atoms with Gasteiger partial charge in [0.15, 0.2) is 5.13 Å². The predicted molar refractivity (Wildman–Crippen MR) is 84.7 cm³/mol. The number of nitrogens with one attached hydrogen (secondary N) is 2. The molecule has 2 amide bonds. The van der Waals surface area contributed by atoms with Crippen LogP contribution in [0.3, 0.4) is 0 Å². The molecule has 0 saturated carbocycles. The first-order valence-electron chi connectivity index (χ1n) is 6.96. The third-order valence-corrected chi connectivity index (χ3v) is 3.59. The van der Waals surface area contributed by atoms with Gasteiger partial charge in [-0.15, -0.1) is 11.3 Å². The quantitative estimate of drug-likeness (QED) is 0.849. The van der Waals surface area contributed by atoms with Gasteiger partial charge in [0, 0.05) is 11.9 Å². The van der Waals surface area contributed by atoms with Gasteiger partial charge in [0.25, 0.3) is 0 Å². The molecule has 0 aliphatic heterocycles. The number of halogens is 1. The van der Waals surface area contributed by atoms with E-state index in [2.05, 4.69) is 15.6 Å². The van der Waals surface area contributed by atoms with E-state index in [0.29, 0.717) is 17.4 Å². The number of carbonyl (C=O) groups is 2. The highest BCUT2D eigenvalue weighted by atomic mass is 32.1. The summed E-state index contributed by atoms with van der Waals surface area (Å²) in [6.45, 7) is 2.30. The first-order chi connectivity index (χ1) is 11.1. The Morgan fingerprint density at radius 2 is 2.04 bits per heavy atom. The van der Waals surface area contributed by atoms with E-state index in [4.69, 9.17) is 4.74 Å². The highest BCUT2D eigenvalue weighted by Crippen LogP contribution is 2.16. The van der Waals surface area contributed by atoms with Crippen molar-refractivity contribution in [2.75, 3.05) is 11.9 Å². The number of aromatic nitrogens is 1. The zero-order valence-electron chi connectivity index (χ0n) is 12.5. The number of ether oxygens (including phenoxy) is 1. The van der Waals surface area contributed by atoms with Crippen LogP contribution in [0, 0.1) is 5.82 Å². The number of nitrogens with zero attached hydrogens (tertiary/aromatic N) is 1. The molecule has 122 valence electrons. The standard InChI is InChI=1S/C15H16FN3O3S/c1-2-22-15(21)19-14-18-12(9-23-14)7-13(20)17-8-10-3-5-11(16)6-4-10/h3-6,9H,2,7-8H2,1H3,(H,17,20)(H,18,19,21). The fourth-order valence-corrected chi connectivity index (χ4v) is 2.43. The SMILES string of the molecule is CCOC(=O)Nc1nc(CC(=O)NCc2ccc(F)cc2)cs1. The van der Waals surface area contributed by atoms with E-state index in [1.165, 1.54) is 23.5 Å². The van der Waals surface area contributed by atoms with Crippen LogP contribution in [0.4, 0.5) is 14.3 Å². The summed E-state index contributed by atoms with van der Waals surface area (Å²) in [5, 5.41) is 7.28. The van der Waals surface area contributed by atoms with E-state index in [0.717, 1.165) is 5.56 Å². The number of anilines is 1. The molecule has 0 unspecified atom stereocenters. The smallest absolute Gasteiger partial charge is 0.413 e. The van der Waals surface area contributed by atoms with Crippen LogP contribution in [0.5, 0.6) is 0 Å². The molecule has 1 aromatic carbocycles. The minimum absolute atomic E-state index is 0.0994. The molecule has 2 rings (SSSR count). The summed E-state index contributed by atoms with van der Waals surface area (Å²) in [6.07, 6.45) is -0.475. The first-order valence-corrected chi connectivity index (χ1v) is 7.84. The Morgan fingerprint density at radius 3 is 2.74 bits per heavy atom. The van der Waals surface area contributed by atoms with Gasteiger partial charge in [-0.3, -0.25) is 10.1 Å². The molecule has 0 saturated heterocycles. The van der Waals surface area contributed by atoms with E-state index in [1.807, 2.05) is 0 Å². The van der Waals surface area contributed by atoms with Gasteiger partial charge in [-0.2, -0.15) is 0 Å². The largest absolute Gasteiger partial charge is 0.450 e. The van der Waals surface area contributed by atoms with Gasteiger partial charge in [-0.05, 0) is 24.6 Å². The number of rotatable bonds is 6. The van der Waals surface area contributed by atoms with Gasteiger partial charge in [0.05, 0.1) is 18.7 Å². The van der Waals surface area contributed by atoms with Crippen LogP contribution in [-0.4, -0.2) is 23.6 Å². The minimum Gasteiger partial charge on any atom is -0.450 e.